The first kappa shape index (κ1) is 9.20. The lowest BCUT2D eigenvalue weighted by atomic mass is 9.94. The van der Waals surface area contributed by atoms with Crippen LogP contribution in [-0.4, -0.2) is 0 Å². The summed E-state index contributed by atoms with van der Waals surface area (Å²) in [7, 11) is 0. The van der Waals surface area contributed by atoms with E-state index >= 15 is 0 Å². The molecule has 66 valence electrons. The van der Waals surface area contributed by atoms with Crippen molar-refractivity contribution in [2.24, 2.45) is 5.73 Å². The van der Waals surface area contributed by atoms with E-state index in [2.05, 4.69) is 0 Å². The number of aryl methyl sites for hydroxylation is 1. The fourth-order valence-electron chi connectivity index (χ4n) is 1.14. The van der Waals surface area contributed by atoms with E-state index in [1.807, 2.05) is 13.0 Å². The number of rotatable bonds is 1. The van der Waals surface area contributed by atoms with Gasteiger partial charge < -0.3 is 5.73 Å². The Morgan fingerprint density at radius 3 is 2.33 bits per heavy atom. The van der Waals surface area contributed by atoms with Crippen molar-refractivity contribution >= 4 is 0 Å². The van der Waals surface area contributed by atoms with Gasteiger partial charge in [0.15, 0.2) is 0 Å². The standard InChI is InChI=1S/C10H14FN/c1-7-4-5-8(9(11)6-7)10(2,3)12/h4-6H,12H2,1-3H3. The minimum absolute atomic E-state index is 0.220. The van der Waals surface area contributed by atoms with Gasteiger partial charge in [-0.2, -0.15) is 0 Å². The number of halogens is 1. The highest BCUT2D eigenvalue weighted by Crippen LogP contribution is 2.20. The van der Waals surface area contributed by atoms with Gasteiger partial charge in [-0.25, -0.2) is 4.39 Å². The van der Waals surface area contributed by atoms with Crippen molar-refractivity contribution in [3.05, 3.63) is 35.1 Å². The van der Waals surface area contributed by atoms with E-state index in [1.165, 1.54) is 6.07 Å². The van der Waals surface area contributed by atoms with Crippen molar-refractivity contribution in [1.82, 2.24) is 0 Å². The molecule has 0 aliphatic carbocycles. The van der Waals surface area contributed by atoms with Crippen LogP contribution in [0, 0.1) is 12.7 Å². The second-order valence-electron chi connectivity index (χ2n) is 3.70. The number of hydrogen-bond acceptors (Lipinski definition) is 1. The minimum Gasteiger partial charge on any atom is -0.322 e. The van der Waals surface area contributed by atoms with Gasteiger partial charge in [0.2, 0.25) is 0 Å². The van der Waals surface area contributed by atoms with Crippen molar-refractivity contribution in [1.29, 1.82) is 0 Å². The molecule has 0 spiro atoms. The van der Waals surface area contributed by atoms with Crippen molar-refractivity contribution in [3.63, 3.8) is 0 Å². The average molecular weight is 167 g/mol. The maximum Gasteiger partial charge on any atom is 0.128 e. The van der Waals surface area contributed by atoms with Crippen molar-refractivity contribution < 1.29 is 4.39 Å². The third kappa shape index (κ3) is 1.83. The molecule has 0 atom stereocenters. The summed E-state index contributed by atoms with van der Waals surface area (Å²) in [6, 6.07) is 5.11. The fourth-order valence-corrected chi connectivity index (χ4v) is 1.14. The molecule has 0 radical (unpaired) electrons. The molecule has 1 rings (SSSR count). The number of benzene rings is 1. The lowest BCUT2D eigenvalue weighted by Crippen LogP contribution is -2.29. The first-order valence-corrected chi connectivity index (χ1v) is 3.97. The molecule has 0 amide bonds. The van der Waals surface area contributed by atoms with E-state index in [0.29, 0.717) is 5.56 Å². The Balaban J connectivity index is 3.19. The van der Waals surface area contributed by atoms with Gasteiger partial charge in [0, 0.05) is 11.1 Å². The van der Waals surface area contributed by atoms with Gasteiger partial charge >= 0.3 is 0 Å². The molecule has 0 saturated heterocycles. The molecule has 0 saturated carbocycles. The van der Waals surface area contributed by atoms with Crippen LogP contribution in [0.25, 0.3) is 0 Å². The first-order chi connectivity index (χ1) is 5.41. The Morgan fingerprint density at radius 1 is 1.33 bits per heavy atom. The second kappa shape index (κ2) is 2.87. The van der Waals surface area contributed by atoms with Gasteiger partial charge in [0.05, 0.1) is 0 Å². The van der Waals surface area contributed by atoms with Gasteiger partial charge in [-0.1, -0.05) is 12.1 Å². The highest BCUT2D eigenvalue weighted by atomic mass is 19.1. The molecule has 2 N–H and O–H groups in total. The maximum atomic E-state index is 13.3. The van der Waals surface area contributed by atoms with Gasteiger partial charge in [0.1, 0.15) is 5.82 Å². The molecule has 1 aromatic carbocycles. The Hall–Kier alpha value is -0.890. The SMILES string of the molecule is Cc1ccc(C(C)(C)N)c(F)c1. The predicted octanol–water partition coefficient (Wildman–Crippen LogP) is 2.33. The summed E-state index contributed by atoms with van der Waals surface area (Å²) in [6.45, 7) is 5.44. The summed E-state index contributed by atoms with van der Waals surface area (Å²) in [5, 5.41) is 0. The Bertz CT molecular complexity index is 286. The van der Waals surface area contributed by atoms with Crippen LogP contribution in [0.15, 0.2) is 18.2 Å². The second-order valence-corrected chi connectivity index (χ2v) is 3.70. The summed E-state index contributed by atoms with van der Waals surface area (Å²) in [5.74, 6) is -0.220. The highest BCUT2D eigenvalue weighted by molar-refractivity contribution is 5.28. The Morgan fingerprint density at radius 2 is 1.92 bits per heavy atom. The lowest BCUT2D eigenvalue weighted by molar-refractivity contribution is 0.501. The fraction of sp³-hybridized carbons (Fsp3) is 0.400. The molecule has 12 heavy (non-hydrogen) atoms. The molecular weight excluding hydrogens is 153 g/mol. The molecule has 2 heteroatoms. The summed E-state index contributed by atoms with van der Waals surface area (Å²) in [4.78, 5) is 0. The van der Waals surface area contributed by atoms with Crippen LogP contribution >= 0.6 is 0 Å². The molecule has 0 heterocycles. The summed E-state index contributed by atoms with van der Waals surface area (Å²) in [5.41, 5.74) is 6.65. The first-order valence-electron chi connectivity index (χ1n) is 3.97. The number of hydrogen-bond donors (Lipinski definition) is 1. The van der Waals surface area contributed by atoms with E-state index in [4.69, 9.17) is 5.73 Å². The van der Waals surface area contributed by atoms with E-state index in [9.17, 15) is 4.39 Å². The molecule has 0 aliphatic rings. The van der Waals surface area contributed by atoms with Crippen molar-refractivity contribution in [3.8, 4) is 0 Å². The van der Waals surface area contributed by atoms with Crippen LogP contribution in [0.1, 0.15) is 25.0 Å². The van der Waals surface area contributed by atoms with E-state index < -0.39 is 5.54 Å². The smallest absolute Gasteiger partial charge is 0.128 e. The van der Waals surface area contributed by atoms with Gasteiger partial charge in [0.25, 0.3) is 0 Å². The molecule has 1 aromatic rings. The van der Waals surface area contributed by atoms with Gasteiger partial charge in [-0.05, 0) is 32.4 Å². The number of nitrogens with two attached hydrogens (primary N) is 1. The molecule has 0 aromatic heterocycles. The molecule has 0 fully saturated rings. The molecular formula is C10H14FN. The van der Waals surface area contributed by atoms with Gasteiger partial charge in [-0.3, -0.25) is 0 Å². The van der Waals surface area contributed by atoms with E-state index in [0.717, 1.165) is 5.56 Å². The zero-order valence-electron chi connectivity index (χ0n) is 7.69. The Labute approximate surface area is 72.4 Å². The topological polar surface area (TPSA) is 26.0 Å². The van der Waals surface area contributed by atoms with Gasteiger partial charge in [-0.15, -0.1) is 0 Å². The van der Waals surface area contributed by atoms with Crippen LogP contribution in [0.4, 0.5) is 4.39 Å². The minimum atomic E-state index is -0.599. The zero-order chi connectivity index (χ0) is 9.35. The van der Waals surface area contributed by atoms with Crippen LogP contribution in [0.3, 0.4) is 0 Å². The molecule has 1 nitrogen and oxygen atoms in total. The quantitative estimate of drug-likeness (QED) is 0.682. The van der Waals surface area contributed by atoms with Crippen LogP contribution in [-0.2, 0) is 5.54 Å². The summed E-state index contributed by atoms with van der Waals surface area (Å²) < 4.78 is 13.3. The summed E-state index contributed by atoms with van der Waals surface area (Å²) >= 11 is 0. The zero-order valence-corrected chi connectivity index (χ0v) is 7.69. The monoisotopic (exact) mass is 167 g/mol. The maximum absolute atomic E-state index is 13.3. The van der Waals surface area contributed by atoms with E-state index in [-0.39, 0.29) is 5.82 Å². The largest absolute Gasteiger partial charge is 0.322 e. The van der Waals surface area contributed by atoms with Crippen LogP contribution < -0.4 is 5.73 Å². The van der Waals surface area contributed by atoms with Crippen LogP contribution in [0.5, 0.6) is 0 Å². The third-order valence-corrected chi connectivity index (χ3v) is 1.82. The summed E-state index contributed by atoms with van der Waals surface area (Å²) in [6.07, 6.45) is 0. The third-order valence-electron chi connectivity index (χ3n) is 1.82. The van der Waals surface area contributed by atoms with Crippen molar-refractivity contribution in [2.45, 2.75) is 26.3 Å². The normalized spacial score (nSPS) is 11.8. The lowest BCUT2D eigenvalue weighted by Gasteiger charge is -2.19. The predicted molar refractivity (Wildman–Crippen MR) is 48.4 cm³/mol. The highest BCUT2D eigenvalue weighted by Gasteiger charge is 2.17. The Kier molecular flexibility index (Phi) is 2.20. The molecule has 0 bridgehead atoms. The van der Waals surface area contributed by atoms with E-state index in [1.54, 1.807) is 19.9 Å². The average Bonchev–Trinajstić information content (AvgIpc) is 1.83. The molecule has 0 unspecified atom stereocenters. The van der Waals surface area contributed by atoms with Crippen molar-refractivity contribution in [2.75, 3.05) is 0 Å². The van der Waals surface area contributed by atoms with Crippen LogP contribution in [0.2, 0.25) is 0 Å². The molecule has 0 aliphatic heterocycles.